The second-order valence-electron chi connectivity index (χ2n) is 4.84. The fourth-order valence-corrected chi connectivity index (χ4v) is 1.55. The molecule has 0 amide bonds. The Hall–Kier alpha value is -1.82. The Labute approximate surface area is 113 Å². The van der Waals surface area contributed by atoms with Gasteiger partial charge in [-0.3, -0.25) is 0 Å². The SMILES string of the molecule is CC(C)(C)OC(=O)Oc1ccc(CC=S(=O)=O)cc1. The molecule has 0 radical (unpaired) electrons. The lowest BCUT2D eigenvalue weighted by Gasteiger charge is -2.18. The molecule has 0 fully saturated rings. The predicted molar refractivity (Wildman–Crippen MR) is 72.0 cm³/mol. The summed E-state index contributed by atoms with van der Waals surface area (Å²) in [5, 5.41) is 1.16. The van der Waals surface area contributed by atoms with Crippen molar-refractivity contribution in [3.63, 3.8) is 0 Å². The van der Waals surface area contributed by atoms with Crippen LogP contribution in [0.15, 0.2) is 24.3 Å². The Morgan fingerprint density at radius 3 is 2.26 bits per heavy atom. The van der Waals surface area contributed by atoms with Crippen molar-refractivity contribution in [3.8, 4) is 5.75 Å². The molecule has 0 spiro atoms. The Morgan fingerprint density at radius 2 is 1.79 bits per heavy atom. The smallest absolute Gasteiger partial charge is 0.428 e. The second kappa shape index (κ2) is 6.38. The molecule has 0 bridgehead atoms. The first kappa shape index (κ1) is 15.2. The highest BCUT2D eigenvalue weighted by atomic mass is 32.2. The maximum absolute atomic E-state index is 11.4. The molecule has 104 valence electrons. The van der Waals surface area contributed by atoms with E-state index in [4.69, 9.17) is 9.47 Å². The number of hydrogen-bond donors (Lipinski definition) is 0. The summed E-state index contributed by atoms with van der Waals surface area (Å²) >= 11 is 0. The quantitative estimate of drug-likeness (QED) is 0.483. The lowest BCUT2D eigenvalue weighted by Crippen LogP contribution is -2.25. The molecule has 6 heteroatoms. The van der Waals surface area contributed by atoms with Crippen LogP contribution < -0.4 is 4.74 Å². The van der Waals surface area contributed by atoms with Gasteiger partial charge in [-0.25, -0.2) is 4.79 Å². The first-order valence-corrected chi connectivity index (χ1v) is 6.81. The third-order valence-corrected chi connectivity index (χ3v) is 2.41. The summed E-state index contributed by atoms with van der Waals surface area (Å²) in [4.78, 5) is 11.4. The molecule has 0 N–H and O–H groups in total. The number of hydrogen-bond acceptors (Lipinski definition) is 5. The van der Waals surface area contributed by atoms with Gasteiger partial charge in [0, 0.05) is 11.8 Å². The molecular formula is C13H16O5S. The van der Waals surface area contributed by atoms with E-state index in [0.29, 0.717) is 12.2 Å². The van der Waals surface area contributed by atoms with Gasteiger partial charge in [0.05, 0.1) is 0 Å². The molecule has 5 nitrogen and oxygen atoms in total. The third-order valence-electron chi connectivity index (χ3n) is 1.97. The molecular weight excluding hydrogens is 268 g/mol. The molecule has 0 atom stereocenters. The van der Waals surface area contributed by atoms with E-state index in [9.17, 15) is 13.2 Å². The number of rotatable bonds is 3. The van der Waals surface area contributed by atoms with Gasteiger partial charge in [0.2, 0.25) is 10.3 Å². The molecule has 1 aromatic rings. The van der Waals surface area contributed by atoms with Crippen molar-refractivity contribution in [2.24, 2.45) is 0 Å². The van der Waals surface area contributed by atoms with Gasteiger partial charge >= 0.3 is 6.16 Å². The predicted octanol–water partition coefficient (Wildman–Crippen LogP) is 2.22. The molecule has 0 heterocycles. The first-order valence-electron chi connectivity index (χ1n) is 5.67. The normalized spacial score (nSPS) is 10.7. The zero-order chi connectivity index (χ0) is 14.5. The van der Waals surface area contributed by atoms with Crippen LogP contribution in [0.25, 0.3) is 0 Å². The number of ether oxygens (including phenoxy) is 2. The lowest BCUT2D eigenvalue weighted by atomic mass is 10.2. The van der Waals surface area contributed by atoms with E-state index in [2.05, 4.69) is 0 Å². The highest BCUT2D eigenvalue weighted by molar-refractivity contribution is 7.71. The van der Waals surface area contributed by atoms with Gasteiger partial charge in [-0.15, -0.1) is 0 Å². The summed E-state index contributed by atoms with van der Waals surface area (Å²) in [5.74, 6) is 0.348. The minimum Gasteiger partial charge on any atom is -0.428 e. The lowest BCUT2D eigenvalue weighted by molar-refractivity contribution is 0.0206. The highest BCUT2D eigenvalue weighted by Gasteiger charge is 2.17. The minimum atomic E-state index is -2.17. The van der Waals surface area contributed by atoms with Crippen LogP contribution in [0.4, 0.5) is 4.79 Å². The third kappa shape index (κ3) is 6.61. The van der Waals surface area contributed by atoms with Crippen LogP contribution in [0.5, 0.6) is 5.75 Å². The van der Waals surface area contributed by atoms with Gasteiger partial charge in [0.25, 0.3) is 0 Å². The standard InChI is InChI=1S/C13H16O5S/c1-13(2,3)18-12(14)17-11-6-4-10(5-7-11)8-9-19(15)16/h4-7,9H,8H2,1-3H3. The molecule has 0 aliphatic heterocycles. The second-order valence-corrected chi connectivity index (χ2v) is 5.70. The Kier molecular flexibility index (Phi) is 5.11. The van der Waals surface area contributed by atoms with Crippen molar-refractivity contribution < 1.29 is 22.7 Å². The Morgan fingerprint density at radius 1 is 1.21 bits per heavy atom. The van der Waals surface area contributed by atoms with Crippen LogP contribution in [-0.4, -0.2) is 25.5 Å². The zero-order valence-corrected chi connectivity index (χ0v) is 11.9. The van der Waals surface area contributed by atoms with Crippen LogP contribution in [0.1, 0.15) is 26.3 Å². The molecule has 0 unspecified atom stereocenters. The van der Waals surface area contributed by atoms with Crippen molar-refractivity contribution in [3.05, 3.63) is 29.8 Å². The molecule has 0 saturated carbocycles. The molecule has 1 rings (SSSR count). The van der Waals surface area contributed by atoms with Crippen LogP contribution >= 0.6 is 0 Å². The van der Waals surface area contributed by atoms with Gasteiger partial charge in [-0.1, -0.05) is 12.1 Å². The maximum atomic E-state index is 11.4. The van der Waals surface area contributed by atoms with Crippen molar-refractivity contribution in [2.45, 2.75) is 32.8 Å². The summed E-state index contributed by atoms with van der Waals surface area (Å²) in [5.41, 5.74) is 0.199. The Bertz CT molecular complexity index is 556. The van der Waals surface area contributed by atoms with Crippen LogP contribution in [0.3, 0.4) is 0 Å². The molecule has 1 aromatic carbocycles. The molecule has 0 saturated heterocycles. The maximum Gasteiger partial charge on any atom is 0.514 e. The largest absolute Gasteiger partial charge is 0.514 e. The van der Waals surface area contributed by atoms with Gasteiger partial charge < -0.3 is 9.47 Å². The topological polar surface area (TPSA) is 69.7 Å². The van der Waals surface area contributed by atoms with Gasteiger partial charge in [-0.05, 0) is 38.5 Å². The van der Waals surface area contributed by atoms with Gasteiger partial charge in [-0.2, -0.15) is 8.42 Å². The number of carbonyl (C=O) groups excluding carboxylic acids is 1. The van der Waals surface area contributed by atoms with Gasteiger partial charge in [0.1, 0.15) is 11.4 Å². The summed E-state index contributed by atoms with van der Waals surface area (Å²) in [6, 6.07) is 6.54. The average Bonchev–Trinajstić information content (AvgIpc) is 2.25. The molecule has 19 heavy (non-hydrogen) atoms. The van der Waals surface area contributed by atoms with E-state index in [1.165, 1.54) is 0 Å². The molecule has 0 aliphatic carbocycles. The van der Waals surface area contributed by atoms with Crippen LogP contribution in [-0.2, 0) is 21.5 Å². The summed E-state index contributed by atoms with van der Waals surface area (Å²) in [6.07, 6.45) is -0.462. The average molecular weight is 284 g/mol. The number of benzene rings is 1. The van der Waals surface area contributed by atoms with Crippen molar-refractivity contribution in [1.29, 1.82) is 0 Å². The fraction of sp³-hybridized carbons (Fsp3) is 0.385. The van der Waals surface area contributed by atoms with E-state index in [-0.39, 0.29) is 0 Å². The highest BCUT2D eigenvalue weighted by Crippen LogP contribution is 2.15. The molecule has 0 aromatic heterocycles. The summed E-state index contributed by atoms with van der Waals surface area (Å²) < 4.78 is 30.7. The van der Waals surface area contributed by atoms with E-state index in [1.807, 2.05) is 0 Å². The summed E-state index contributed by atoms with van der Waals surface area (Å²) in [6.45, 7) is 5.24. The Balaban J connectivity index is 2.62. The van der Waals surface area contributed by atoms with Crippen molar-refractivity contribution in [2.75, 3.05) is 0 Å². The molecule has 0 aliphatic rings. The van der Waals surface area contributed by atoms with Crippen LogP contribution in [0, 0.1) is 0 Å². The van der Waals surface area contributed by atoms with E-state index >= 15 is 0 Å². The summed E-state index contributed by atoms with van der Waals surface area (Å²) in [7, 11) is -2.17. The van der Waals surface area contributed by atoms with E-state index < -0.39 is 22.0 Å². The monoisotopic (exact) mass is 284 g/mol. The van der Waals surface area contributed by atoms with E-state index in [0.717, 1.165) is 10.9 Å². The first-order chi connectivity index (χ1) is 8.76. The van der Waals surface area contributed by atoms with Crippen molar-refractivity contribution in [1.82, 2.24) is 0 Å². The minimum absolute atomic E-state index is 0.308. The fourth-order valence-electron chi connectivity index (χ4n) is 1.22. The van der Waals surface area contributed by atoms with Crippen molar-refractivity contribution >= 4 is 21.8 Å². The van der Waals surface area contributed by atoms with Crippen LogP contribution in [0.2, 0.25) is 0 Å². The van der Waals surface area contributed by atoms with E-state index in [1.54, 1.807) is 45.0 Å². The van der Waals surface area contributed by atoms with Gasteiger partial charge in [0.15, 0.2) is 0 Å². The zero-order valence-electron chi connectivity index (χ0n) is 11.0. The number of carbonyl (C=O) groups is 1.